The van der Waals surface area contributed by atoms with E-state index in [-0.39, 0.29) is 165 Å². The van der Waals surface area contributed by atoms with Gasteiger partial charge in [-0.15, -0.1) is 0 Å². The zero-order valence-corrected chi connectivity index (χ0v) is 23.8. The van der Waals surface area contributed by atoms with Gasteiger partial charge in [0.25, 0.3) is 0 Å². The van der Waals surface area contributed by atoms with Crippen molar-refractivity contribution in [2.45, 2.75) is 0 Å². The molecule has 0 aromatic heterocycles. The molecule has 0 aliphatic carbocycles. The quantitative estimate of drug-likeness (QED) is 0.216. The Bertz CT molecular complexity index is 233. The van der Waals surface area contributed by atoms with Crippen molar-refractivity contribution < 1.29 is 171 Å². The number of hydrogen-bond donors (Lipinski definition) is 0. The SMILES string of the molecule is O.O.O.O=C([O-])[O-].O=C([O-])[O-].O=C([O-])[O-].O=C([O-])[O-].O=C([O-])[O-].[Cr+3].[Cr+3].[Cr+3].[Mg+2].[Mg+2].[Mg+2].[OH-].[OH-].[OH-].[OH-].[OH-]. The molecular formula is C5H11Cr3Mg3O23. The molecule has 0 saturated carbocycles. The maximum atomic E-state index is 8.33. The number of carbonyl (C=O) groups excluding carboxylic acids is 5. The third-order valence-corrected chi connectivity index (χ3v) is 0. The second-order valence-electron chi connectivity index (χ2n) is 1.25. The second-order valence-corrected chi connectivity index (χ2v) is 1.25. The summed E-state index contributed by atoms with van der Waals surface area (Å²) in [6.07, 6.45) is -11.7. The van der Waals surface area contributed by atoms with Crippen LogP contribution in [0.2, 0.25) is 0 Å². The average molecular weight is 668 g/mol. The number of carbonyl (C=O) groups is 5. The van der Waals surface area contributed by atoms with Crippen LogP contribution in [0.25, 0.3) is 0 Å². The molecule has 0 spiro atoms. The standard InChI is InChI=1S/5CH2O3.3Cr.3Mg.8H2O/c5*2-1(3)4;;;;;;;;;;;;;;/h5*(H2,2,3,4);;;;;;;8*1H2/q;;;;;3*+3;3*+2;;;;;;;;/p-15. The van der Waals surface area contributed by atoms with Gasteiger partial charge < -0.3 is 119 Å². The summed E-state index contributed by atoms with van der Waals surface area (Å²) in [5, 5.41) is 83.3. The summed E-state index contributed by atoms with van der Waals surface area (Å²) in [4.78, 5) is 41.7. The molecule has 29 heteroatoms. The van der Waals surface area contributed by atoms with E-state index in [0.29, 0.717) is 0 Å². The van der Waals surface area contributed by atoms with E-state index in [9.17, 15) is 0 Å². The van der Waals surface area contributed by atoms with E-state index in [1.165, 1.54) is 0 Å². The van der Waals surface area contributed by atoms with E-state index in [0.717, 1.165) is 0 Å². The molecule has 23 nitrogen and oxygen atoms in total. The van der Waals surface area contributed by atoms with E-state index < -0.39 is 30.8 Å². The Hall–Kier alpha value is -0.0739. The van der Waals surface area contributed by atoms with Crippen LogP contribution in [0.15, 0.2) is 0 Å². The van der Waals surface area contributed by atoms with E-state index in [2.05, 4.69) is 0 Å². The van der Waals surface area contributed by atoms with Crippen molar-refractivity contribution in [1.29, 1.82) is 0 Å². The van der Waals surface area contributed by atoms with Gasteiger partial charge in [0.05, 0.1) is 0 Å². The van der Waals surface area contributed by atoms with Gasteiger partial charge in [0.2, 0.25) is 0 Å². The van der Waals surface area contributed by atoms with Crippen molar-refractivity contribution in [2.24, 2.45) is 0 Å². The minimum Gasteiger partial charge on any atom is -0.870 e. The molecule has 0 rings (SSSR count). The minimum absolute atomic E-state index is 0. The Morgan fingerprint density at radius 1 is 0.294 bits per heavy atom. The molecular weight excluding hydrogens is 657 g/mol. The van der Waals surface area contributed by atoms with Gasteiger partial charge >= 0.3 is 121 Å². The molecule has 0 bridgehead atoms. The van der Waals surface area contributed by atoms with Crippen LogP contribution in [-0.4, -0.2) is 144 Å². The summed E-state index contributed by atoms with van der Waals surface area (Å²) in [5.41, 5.74) is 0. The van der Waals surface area contributed by atoms with E-state index >= 15 is 0 Å². The molecule has 0 aliphatic rings. The molecule has 11 N–H and O–H groups in total. The van der Waals surface area contributed by atoms with Gasteiger partial charge in [-0.05, 0) is 30.8 Å². The summed E-state index contributed by atoms with van der Waals surface area (Å²) in [5.74, 6) is 0. The molecule has 0 unspecified atom stereocenters. The maximum absolute atomic E-state index is 8.33. The predicted octanol–water partition coefficient (Wildman–Crippen LogP) is -16.7. The van der Waals surface area contributed by atoms with Gasteiger partial charge in [-0.3, -0.25) is 0 Å². The van der Waals surface area contributed by atoms with Gasteiger partial charge in [0, 0.05) is 0 Å². The van der Waals surface area contributed by atoms with Gasteiger partial charge in [-0.25, -0.2) is 0 Å². The third-order valence-electron chi connectivity index (χ3n) is 0. The van der Waals surface area contributed by atoms with Crippen LogP contribution in [0.1, 0.15) is 0 Å². The fourth-order valence-electron chi connectivity index (χ4n) is 0. The van der Waals surface area contributed by atoms with E-state index in [1.807, 2.05) is 0 Å². The van der Waals surface area contributed by atoms with Crippen molar-refractivity contribution in [2.75, 3.05) is 0 Å². The van der Waals surface area contributed by atoms with Crippen LogP contribution in [-0.2, 0) is 52.1 Å². The van der Waals surface area contributed by atoms with Crippen molar-refractivity contribution in [1.82, 2.24) is 0 Å². The topological polar surface area (TPSA) is 560 Å². The molecule has 0 fully saturated rings. The molecule has 0 aliphatic heterocycles. The first kappa shape index (κ1) is 165. The first-order valence-electron chi connectivity index (χ1n) is 3.06. The number of rotatable bonds is 0. The largest absolute Gasteiger partial charge is 3.00 e. The molecule has 3 radical (unpaired) electrons. The molecule has 0 aromatic carbocycles. The van der Waals surface area contributed by atoms with Crippen LogP contribution in [0.3, 0.4) is 0 Å². The molecule has 193 valence electrons. The zero-order valence-electron chi connectivity index (χ0n) is 15.7. The Balaban J connectivity index is -0.00000000441. The summed E-state index contributed by atoms with van der Waals surface area (Å²) < 4.78 is 0. The second kappa shape index (κ2) is 151. The van der Waals surface area contributed by atoms with Crippen LogP contribution < -0.4 is 51.1 Å². The van der Waals surface area contributed by atoms with Gasteiger partial charge in [-0.1, -0.05) is 0 Å². The summed E-state index contributed by atoms with van der Waals surface area (Å²) in [7, 11) is 0. The van der Waals surface area contributed by atoms with E-state index in [4.69, 9.17) is 75.0 Å². The summed E-state index contributed by atoms with van der Waals surface area (Å²) in [6, 6.07) is 0. The van der Waals surface area contributed by atoms with Crippen LogP contribution in [0, 0.1) is 0 Å². The van der Waals surface area contributed by atoms with Crippen molar-refractivity contribution in [3.05, 3.63) is 0 Å². The normalized spacial score (nSPS) is 3.53. The zero-order chi connectivity index (χ0) is 17.9. The van der Waals surface area contributed by atoms with Crippen molar-refractivity contribution >= 4 is 99.9 Å². The molecule has 0 heterocycles. The van der Waals surface area contributed by atoms with Gasteiger partial charge in [0.1, 0.15) is 0 Å². The fourth-order valence-corrected chi connectivity index (χ4v) is 0. The minimum atomic E-state index is -2.33. The first-order valence-corrected chi connectivity index (χ1v) is 3.06. The number of carboxylic acid groups (broad SMARTS) is 10. The molecule has 0 amide bonds. The summed E-state index contributed by atoms with van der Waals surface area (Å²) >= 11 is 0. The summed E-state index contributed by atoms with van der Waals surface area (Å²) in [6.45, 7) is 0. The maximum Gasteiger partial charge on any atom is 3.00 e. The predicted molar refractivity (Wildman–Crippen MR) is 64.8 cm³/mol. The molecule has 0 aromatic rings. The van der Waals surface area contributed by atoms with Gasteiger partial charge in [-0.2, -0.15) is 0 Å². The monoisotopic (exact) mass is 667 g/mol. The molecule has 0 atom stereocenters. The Morgan fingerprint density at radius 3 is 0.294 bits per heavy atom. The smallest absolute Gasteiger partial charge is 0.870 e. The number of hydrogen-bond acceptors (Lipinski definition) is 20. The van der Waals surface area contributed by atoms with Crippen molar-refractivity contribution in [3.63, 3.8) is 0 Å². The van der Waals surface area contributed by atoms with E-state index in [1.54, 1.807) is 0 Å². The fraction of sp³-hybridized carbons (Fsp3) is 0. The van der Waals surface area contributed by atoms with Crippen LogP contribution in [0.4, 0.5) is 24.0 Å². The Morgan fingerprint density at radius 2 is 0.294 bits per heavy atom. The molecule has 34 heavy (non-hydrogen) atoms. The van der Waals surface area contributed by atoms with Crippen LogP contribution >= 0.6 is 0 Å². The Kier molecular flexibility index (Phi) is 731. The Labute approximate surface area is 268 Å². The third kappa shape index (κ3) is 5590000. The van der Waals surface area contributed by atoms with Gasteiger partial charge in [0.15, 0.2) is 0 Å². The van der Waals surface area contributed by atoms with Crippen LogP contribution in [0.5, 0.6) is 0 Å². The average Bonchev–Trinajstić information content (AvgIpc) is 1.94. The molecule has 0 saturated heterocycles. The van der Waals surface area contributed by atoms with Crippen molar-refractivity contribution in [3.8, 4) is 0 Å². The first-order chi connectivity index (χ1) is 8.66.